The van der Waals surface area contributed by atoms with E-state index in [1.54, 1.807) is 0 Å². The van der Waals surface area contributed by atoms with Gasteiger partial charge in [-0.2, -0.15) is 0 Å². The van der Waals surface area contributed by atoms with Gasteiger partial charge in [-0.3, -0.25) is 0 Å². The summed E-state index contributed by atoms with van der Waals surface area (Å²) in [5.74, 6) is 0. The Balaban J connectivity index is 4.72. The van der Waals surface area contributed by atoms with Crippen molar-refractivity contribution in [3.05, 3.63) is 23.3 Å². The van der Waals surface area contributed by atoms with Crippen molar-refractivity contribution in [3.63, 3.8) is 0 Å². The lowest BCUT2D eigenvalue weighted by Crippen LogP contribution is -2.09. The van der Waals surface area contributed by atoms with Crippen LogP contribution in [0.1, 0.15) is 53.9 Å². The average molecular weight is 208 g/mol. The highest BCUT2D eigenvalue weighted by Crippen LogP contribution is 2.29. The SMILES string of the molecule is CC=C(C=C(CC)C(C)(C)C)CCC=O. The monoisotopic (exact) mass is 208 g/mol. The molecule has 0 fully saturated rings. The molecule has 0 aromatic rings. The summed E-state index contributed by atoms with van der Waals surface area (Å²) in [5, 5.41) is 0. The van der Waals surface area contributed by atoms with Crippen LogP contribution in [0.5, 0.6) is 0 Å². The van der Waals surface area contributed by atoms with Crippen LogP contribution in [0.15, 0.2) is 23.3 Å². The predicted octanol–water partition coefficient (Wildman–Crippen LogP) is 4.29. The average Bonchev–Trinajstić information content (AvgIpc) is 2.16. The molecule has 0 saturated carbocycles. The summed E-state index contributed by atoms with van der Waals surface area (Å²) < 4.78 is 0. The molecule has 15 heavy (non-hydrogen) atoms. The normalized spacial score (nSPS) is 14.2. The second-order valence-electron chi connectivity index (χ2n) is 4.84. The third-order valence-corrected chi connectivity index (χ3v) is 2.63. The van der Waals surface area contributed by atoms with Gasteiger partial charge in [-0.1, -0.05) is 51.0 Å². The van der Waals surface area contributed by atoms with Crippen LogP contribution in [0, 0.1) is 5.41 Å². The largest absolute Gasteiger partial charge is 0.303 e. The molecule has 0 radical (unpaired) electrons. The number of hydrogen-bond acceptors (Lipinski definition) is 1. The molecule has 0 aliphatic rings. The zero-order chi connectivity index (χ0) is 11.9. The van der Waals surface area contributed by atoms with E-state index >= 15 is 0 Å². The Morgan fingerprint density at radius 1 is 1.27 bits per heavy atom. The zero-order valence-electron chi connectivity index (χ0n) is 10.8. The quantitative estimate of drug-likeness (QED) is 0.486. The highest BCUT2D eigenvalue weighted by atomic mass is 16.1. The van der Waals surface area contributed by atoms with E-state index in [1.807, 2.05) is 6.92 Å². The first kappa shape index (κ1) is 14.2. The minimum atomic E-state index is 0.226. The van der Waals surface area contributed by atoms with E-state index in [0.29, 0.717) is 6.42 Å². The second-order valence-corrected chi connectivity index (χ2v) is 4.84. The molecule has 0 amide bonds. The zero-order valence-corrected chi connectivity index (χ0v) is 10.8. The van der Waals surface area contributed by atoms with Crippen LogP contribution in [0.4, 0.5) is 0 Å². The topological polar surface area (TPSA) is 17.1 Å². The van der Waals surface area contributed by atoms with Crippen LogP contribution in [-0.4, -0.2) is 6.29 Å². The minimum Gasteiger partial charge on any atom is -0.303 e. The van der Waals surface area contributed by atoms with Crippen LogP contribution >= 0.6 is 0 Å². The van der Waals surface area contributed by atoms with Gasteiger partial charge in [0.05, 0.1) is 0 Å². The van der Waals surface area contributed by atoms with E-state index < -0.39 is 0 Å². The minimum absolute atomic E-state index is 0.226. The Hall–Kier alpha value is -0.850. The van der Waals surface area contributed by atoms with Gasteiger partial charge < -0.3 is 4.79 Å². The molecule has 0 atom stereocenters. The molecule has 0 aliphatic heterocycles. The van der Waals surface area contributed by atoms with Crippen LogP contribution in [-0.2, 0) is 4.79 Å². The molecule has 0 N–H and O–H groups in total. The predicted molar refractivity (Wildman–Crippen MR) is 66.9 cm³/mol. The Morgan fingerprint density at radius 3 is 2.20 bits per heavy atom. The van der Waals surface area contributed by atoms with Gasteiger partial charge in [-0.05, 0) is 25.2 Å². The Bertz CT molecular complexity index is 251. The molecule has 0 saturated heterocycles. The molecule has 86 valence electrons. The summed E-state index contributed by atoms with van der Waals surface area (Å²) in [4.78, 5) is 10.3. The number of aldehydes is 1. The second kappa shape index (κ2) is 6.60. The molecule has 1 nitrogen and oxygen atoms in total. The lowest BCUT2D eigenvalue weighted by molar-refractivity contribution is -0.107. The maximum Gasteiger partial charge on any atom is 0.120 e. The molecule has 0 bridgehead atoms. The Morgan fingerprint density at radius 2 is 1.87 bits per heavy atom. The summed E-state index contributed by atoms with van der Waals surface area (Å²) in [7, 11) is 0. The van der Waals surface area contributed by atoms with Crippen molar-refractivity contribution < 1.29 is 4.79 Å². The molecule has 0 heterocycles. The molecular formula is C14H24O. The van der Waals surface area contributed by atoms with Crippen molar-refractivity contribution in [2.24, 2.45) is 5.41 Å². The van der Waals surface area contributed by atoms with Crippen molar-refractivity contribution >= 4 is 6.29 Å². The number of rotatable bonds is 5. The van der Waals surface area contributed by atoms with Crippen LogP contribution in [0.3, 0.4) is 0 Å². The van der Waals surface area contributed by atoms with Crippen LogP contribution < -0.4 is 0 Å². The van der Waals surface area contributed by atoms with Crippen molar-refractivity contribution in [1.29, 1.82) is 0 Å². The molecule has 0 aromatic carbocycles. The maximum atomic E-state index is 10.3. The first-order valence-electron chi connectivity index (χ1n) is 5.75. The first-order chi connectivity index (χ1) is 6.95. The Kier molecular flexibility index (Phi) is 6.23. The molecule has 1 heteroatoms. The third-order valence-electron chi connectivity index (χ3n) is 2.63. The summed E-state index contributed by atoms with van der Waals surface area (Å²) in [6.45, 7) is 10.9. The molecule has 0 aromatic heterocycles. The lowest BCUT2D eigenvalue weighted by Gasteiger charge is -2.22. The van der Waals surface area contributed by atoms with E-state index in [0.717, 1.165) is 19.1 Å². The molecule has 0 unspecified atom stereocenters. The van der Waals surface area contributed by atoms with E-state index in [2.05, 4.69) is 39.8 Å². The number of carbonyl (C=O) groups is 1. The summed E-state index contributed by atoms with van der Waals surface area (Å²) in [6.07, 6.45) is 7.90. The lowest BCUT2D eigenvalue weighted by atomic mass is 9.83. The third kappa shape index (κ3) is 5.56. The smallest absolute Gasteiger partial charge is 0.120 e. The van der Waals surface area contributed by atoms with Crippen molar-refractivity contribution in [2.45, 2.75) is 53.9 Å². The van der Waals surface area contributed by atoms with Gasteiger partial charge in [0.25, 0.3) is 0 Å². The van der Waals surface area contributed by atoms with E-state index in [9.17, 15) is 4.79 Å². The highest BCUT2D eigenvalue weighted by Gasteiger charge is 2.15. The summed E-state index contributed by atoms with van der Waals surface area (Å²) in [6, 6.07) is 0. The fourth-order valence-corrected chi connectivity index (χ4v) is 1.60. The maximum absolute atomic E-state index is 10.3. The fraction of sp³-hybridized carbons (Fsp3) is 0.643. The number of allylic oxidation sites excluding steroid dienone is 4. The van der Waals surface area contributed by atoms with Gasteiger partial charge in [0, 0.05) is 6.42 Å². The van der Waals surface area contributed by atoms with Gasteiger partial charge in [0.1, 0.15) is 6.29 Å². The van der Waals surface area contributed by atoms with Crippen molar-refractivity contribution in [3.8, 4) is 0 Å². The number of carbonyl (C=O) groups excluding carboxylic acids is 1. The Labute approximate surface area is 94.3 Å². The molecule has 0 spiro atoms. The molecule has 0 rings (SSSR count). The first-order valence-corrected chi connectivity index (χ1v) is 5.75. The van der Waals surface area contributed by atoms with Crippen LogP contribution in [0.25, 0.3) is 0 Å². The van der Waals surface area contributed by atoms with E-state index in [-0.39, 0.29) is 5.41 Å². The van der Waals surface area contributed by atoms with Gasteiger partial charge in [-0.15, -0.1) is 0 Å². The van der Waals surface area contributed by atoms with Crippen molar-refractivity contribution in [1.82, 2.24) is 0 Å². The van der Waals surface area contributed by atoms with E-state index in [4.69, 9.17) is 0 Å². The fourth-order valence-electron chi connectivity index (χ4n) is 1.60. The molecular weight excluding hydrogens is 184 g/mol. The van der Waals surface area contributed by atoms with Gasteiger partial charge in [0.2, 0.25) is 0 Å². The summed E-state index contributed by atoms with van der Waals surface area (Å²) in [5.41, 5.74) is 2.94. The van der Waals surface area contributed by atoms with E-state index in [1.165, 1.54) is 11.1 Å². The standard InChI is InChI=1S/C14H24O/c1-6-12(9-8-10-15)11-13(7-2)14(3,4)5/h6,10-11H,7-9H2,1-5H3. The highest BCUT2D eigenvalue weighted by molar-refractivity contribution is 5.50. The van der Waals surface area contributed by atoms with Gasteiger partial charge in [-0.25, -0.2) is 0 Å². The molecule has 0 aliphatic carbocycles. The van der Waals surface area contributed by atoms with Crippen LogP contribution in [0.2, 0.25) is 0 Å². The van der Waals surface area contributed by atoms with Gasteiger partial charge in [0.15, 0.2) is 0 Å². The number of hydrogen-bond donors (Lipinski definition) is 0. The van der Waals surface area contributed by atoms with Gasteiger partial charge >= 0.3 is 0 Å². The summed E-state index contributed by atoms with van der Waals surface area (Å²) >= 11 is 0. The van der Waals surface area contributed by atoms with Crippen molar-refractivity contribution in [2.75, 3.05) is 0 Å².